The van der Waals surface area contributed by atoms with Crippen LogP contribution in [0.5, 0.6) is 0 Å². The first kappa shape index (κ1) is 42.3. The predicted molar refractivity (Wildman–Crippen MR) is 219 cm³/mol. The average Bonchev–Trinajstić information content (AvgIpc) is 4.01. The maximum Gasteiger partial charge on any atom is 0.407 e. The van der Waals surface area contributed by atoms with Gasteiger partial charge in [0.1, 0.15) is 23.7 Å². The fraction of sp³-hybridized carbons (Fsp3) is 0.429. The maximum absolute atomic E-state index is 13.6. The average molecular weight is 809 g/mol. The van der Waals surface area contributed by atoms with Gasteiger partial charge in [-0.3, -0.25) is 19.6 Å². The standard InChI is InChI=1S/C42H52N10O7/c1-8-17-51(38(53)35(24(2)3)49-40(55)58-6)23-34-46-28-16-15-27(19-29(28)47-34)31-21-43-30(20-44-31)25-11-13-26(14-12-25)32-22-45-37(48-32)33-10-9-18-52(33)39(54)36(42(4,5)57)50-41(56)59-7/h11-16,19-22,24,33,35-36,57H,8-10,17-18,23H2,1-7H3,(H,45,48)(H,46,47)(H,49,55)(H,50,56). The van der Waals surface area contributed by atoms with Crippen LogP contribution in [0, 0.1) is 5.92 Å². The molecule has 0 spiro atoms. The number of carbonyl (C=O) groups is 4. The summed E-state index contributed by atoms with van der Waals surface area (Å²) in [6.45, 7) is 9.89. The molecule has 5 aromatic rings. The SMILES string of the molecule is CCCN(Cc1nc2ccc(-c3cnc(-c4ccc(-c5cnc(C6CCCN6C(=O)C(NC(=O)OC)C(C)(C)O)[nH]5)cc4)cn3)cc2[nH]1)C(=O)C(NC(=O)OC)C(C)C. The fourth-order valence-corrected chi connectivity index (χ4v) is 7.21. The summed E-state index contributed by atoms with van der Waals surface area (Å²) in [5, 5.41) is 15.8. The van der Waals surface area contributed by atoms with Crippen LogP contribution in [0.15, 0.2) is 61.1 Å². The minimum absolute atomic E-state index is 0.140. The van der Waals surface area contributed by atoms with Crippen LogP contribution in [0.3, 0.4) is 0 Å². The van der Waals surface area contributed by atoms with Gasteiger partial charge in [-0.25, -0.2) is 19.6 Å². The van der Waals surface area contributed by atoms with Crippen LogP contribution in [0.4, 0.5) is 9.59 Å². The number of H-pyrrole nitrogens is 2. The minimum Gasteiger partial charge on any atom is -0.453 e. The molecule has 4 heterocycles. The Morgan fingerprint density at radius 1 is 0.915 bits per heavy atom. The van der Waals surface area contributed by atoms with Crippen molar-refractivity contribution < 1.29 is 33.8 Å². The first-order valence-electron chi connectivity index (χ1n) is 19.7. The number of amides is 4. The van der Waals surface area contributed by atoms with E-state index in [1.807, 2.05) is 63.2 Å². The fourth-order valence-electron chi connectivity index (χ4n) is 7.21. The largest absolute Gasteiger partial charge is 0.453 e. The van der Waals surface area contributed by atoms with Gasteiger partial charge in [0.25, 0.3) is 0 Å². The molecule has 3 unspecified atom stereocenters. The summed E-state index contributed by atoms with van der Waals surface area (Å²) in [6.07, 6.45) is 5.89. The molecule has 0 radical (unpaired) electrons. The van der Waals surface area contributed by atoms with E-state index in [1.165, 1.54) is 28.1 Å². The van der Waals surface area contributed by atoms with Gasteiger partial charge < -0.3 is 45.0 Å². The second-order valence-corrected chi connectivity index (χ2v) is 15.5. The summed E-state index contributed by atoms with van der Waals surface area (Å²) in [5.74, 6) is 0.482. The smallest absolute Gasteiger partial charge is 0.407 e. The highest BCUT2D eigenvalue weighted by molar-refractivity contribution is 5.88. The van der Waals surface area contributed by atoms with E-state index in [1.54, 1.807) is 28.4 Å². The number of hydrogen-bond acceptors (Lipinski definition) is 11. The van der Waals surface area contributed by atoms with Crippen LogP contribution >= 0.6 is 0 Å². The zero-order chi connectivity index (χ0) is 42.4. The van der Waals surface area contributed by atoms with Crippen molar-refractivity contribution in [1.29, 1.82) is 0 Å². The number of benzene rings is 2. The summed E-state index contributed by atoms with van der Waals surface area (Å²) in [4.78, 5) is 79.8. The summed E-state index contributed by atoms with van der Waals surface area (Å²) in [5.41, 5.74) is 4.77. The molecular formula is C42H52N10O7. The Morgan fingerprint density at radius 3 is 2.19 bits per heavy atom. The summed E-state index contributed by atoms with van der Waals surface area (Å²) >= 11 is 0. The third kappa shape index (κ3) is 9.68. The lowest BCUT2D eigenvalue weighted by Gasteiger charge is -2.34. The molecule has 1 aliphatic heterocycles. The Morgan fingerprint density at radius 2 is 1.56 bits per heavy atom. The number of aromatic nitrogens is 6. The highest BCUT2D eigenvalue weighted by Crippen LogP contribution is 2.33. The van der Waals surface area contributed by atoms with E-state index < -0.39 is 35.8 Å². The van der Waals surface area contributed by atoms with Gasteiger partial charge in [-0.05, 0) is 56.7 Å². The molecule has 312 valence electrons. The summed E-state index contributed by atoms with van der Waals surface area (Å²) in [7, 11) is 2.48. The zero-order valence-corrected chi connectivity index (χ0v) is 34.4. The number of hydrogen-bond donors (Lipinski definition) is 5. The van der Waals surface area contributed by atoms with E-state index >= 15 is 0 Å². The van der Waals surface area contributed by atoms with Gasteiger partial charge in [0.2, 0.25) is 11.8 Å². The molecule has 17 nitrogen and oxygen atoms in total. The number of alkyl carbamates (subject to hydrolysis) is 2. The van der Waals surface area contributed by atoms with E-state index in [0.717, 1.165) is 46.3 Å². The number of rotatable bonds is 14. The maximum atomic E-state index is 13.6. The number of carbonyl (C=O) groups excluding carboxylic acids is 4. The van der Waals surface area contributed by atoms with Gasteiger partial charge in [0.15, 0.2) is 0 Å². The lowest BCUT2D eigenvalue weighted by atomic mass is 9.97. The molecule has 17 heteroatoms. The number of nitrogens with one attached hydrogen (secondary N) is 4. The van der Waals surface area contributed by atoms with E-state index in [0.29, 0.717) is 42.5 Å². The van der Waals surface area contributed by atoms with E-state index in [2.05, 4.69) is 30.3 Å². The lowest BCUT2D eigenvalue weighted by Crippen LogP contribution is -2.58. The van der Waals surface area contributed by atoms with E-state index in [-0.39, 0.29) is 24.4 Å². The predicted octanol–water partition coefficient (Wildman–Crippen LogP) is 5.36. The Bertz CT molecular complexity index is 2260. The Kier molecular flexibility index (Phi) is 12.9. The second-order valence-electron chi connectivity index (χ2n) is 15.5. The van der Waals surface area contributed by atoms with Gasteiger partial charge in [-0.15, -0.1) is 0 Å². The Hall–Kier alpha value is -6.36. The van der Waals surface area contributed by atoms with Crippen molar-refractivity contribution in [2.24, 2.45) is 5.92 Å². The molecule has 0 aliphatic carbocycles. The third-order valence-corrected chi connectivity index (χ3v) is 10.4. The normalized spacial score (nSPS) is 15.2. The number of fused-ring (bicyclic) bond motifs is 1. The van der Waals surface area contributed by atoms with Crippen molar-refractivity contribution in [2.45, 2.75) is 84.2 Å². The molecule has 3 aromatic heterocycles. The molecule has 0 saturated carbocycles. The number of methoxy groups -OCH3 is 2. The minimum atomic E-state index is -1.52. The molecule has 3 atom stereocenters. The molecule has 5 N–H and O–H groups in total. The molecule has 4 amide bonds. The zero-order valence-electron chi connectivity index (χ0n) is 34.4. The van der Waals surface area contributed by atoms with Gasteiger partial charge in [0, 0.05) is 24.2 Å². The Labute approximate surface area is 342 Å². The van der Waals surface area contributed by atoms with E-state index in [9.17, 15) is 24.3 Å². The van der Waals surface area contributed by atoms with Crippen molar-refractivity contribution in [3.05, 3.63) is 72.7 Å². The van der Waals surface area contributed by atoms with Crippen LogP contribution in [0.2, 0.25) is 0 Å². The second kappa shape index (κ2) is 18.1. The first-order valence-corrected chi connectivity index (χ1v) is 19.7. The first-order chi connectivity index (χ1) is 28.2. The number of aromatic amines is 2. The number of nitrogens with zero attached hydrogens (tertiary/aromatic N) is 6. The Balaban J connectivity index is 1.12. The van der Waals surface area contributed by atoms with E-state index in [4.69, 9.17) is 19.7 Å². The molecular weight excluding hydrogens is 757 g/mol. The highest BCUT2D eigenvalue weighted by Gasteiger charge is 2.42. The summed E-state index contributed by atoms with van der Waals surface area (Å²) in [6, 6.07) is 11.3. The van der Waals surface area contributed by atoms with Crippen LogP contribution in [-0.2, 0) is 25.6 Å². The number of imidazole rings is 2. The third-order valence-electron chi connectivity index (χ3n) is 10.4. The number of likely N-dealkylation sites (tertiary alicyclic amines) is 1. The van der Waals surface area contributed by atoms with Crippen LogP contribution in [0.25, 0.3) is 44.8 Å². The van der Waals surface area contributed by atoms with Gasteiger partial charge in [0.05, 0.1) is 79.1 Å². The van der Waals surface area contributed by atoms with Crippen LogP contribution in [0.1, 0.15) is 71.6 Å². The molecule has 59 heavy (non-hydrogen) atoms. The van der Waals surface area contributed by atoms with Crippen molar-refractivity contribution in [3.8, 4) is 33.8 Å². The number of ether oxygens (including phenoxy) is 2. The topological polar surface area (TPSA) is 221 Å². The molecule has 2 aromatic carbocycles. The quantitative estimate of drug-likeness (QED) is 0.0962. The lowest BCUT2D eigenvalue weighted by molar-refractivity contribution is -0.140. The van der Waals surface area contributed by atoms with Gasteiger partial charge >= 0.3 is 12.2 Å². The van der Waals surface area contributed by atoms with Crippen molar-refractivity contribution in [1.82, 2.24) is 50.3 Å². The molecule has 1 aliphatic rings. The van der Waals surface area contributed by atoms with Crippen molar-refractivity contribution >= 4 is 35.0 Å². The van der Waals surface area contributed by atoms with Crippen LogP contribution < -0.4 is 10.6 Å². The van der Waals surface area contributed by atoms with Crippen LogP contribution in [-0.4, -0.2) is 114 Å². The molecule has 1 saturated heterocycles. The molecule has 1 fully saturated rings. The number of aliphatic hydroxyl groups is 1. The summed E-state index contributed by atoms with van der Waals surface area (Å²) < 4.78 is 9.43. The monoisotopic (exact) mass is 808 g/mol. The van der Waals surface area contributed by atoms with Gasteiger partial charge in [-0.1, -0.05) is 51.1 Å². The van der Waals surface area contributed by atoms with Crippen molar-refractivity contribution in [3.63, 3.8) is 0 Å². The van der Waals surface area contributed by atoms with Gasteiger partial charge in [-0.2, -0.15) is 0 Å². The van der Waals surface area contributed by atoms with Crippen molar-refractivity contribution in [2.75, 3.05) is 27.3 Å². The molecule has 6 rings (SSSR count). The highest BCUT2D eigenvalue weighted by atomic mass is 16.5. The molecule has 0 bridgehead atoms.